The molecule has 3 aromatic carbocycles. The second-order valence-corrected chi connectivity index (χ2v) is 7.85. The molecule has 7 heteroatoms. The molecular weight excluding hydrogens is 430 g/mol. The zero-order chi connectivity index (χ0) is 24.3. The molecule has 0 unspecified atom stereocenters. The average Bonchev–Trinajstić information content (AvgIpc) is 2.87. The Labute approximate surface area is 199 Å². The van der Waals surface area contributed by atoms with Crippen molar-refractivity contribution in [2.75, 3.05) is 38.7 Å². The molecule has 3 aromatic rings. The Balaban J connectivity index is 1.57. The maximum absolute atomic E-state index is 13.1. The number of hydrogen-bond donors (Lipinski definition) is 2. The Bertz CT molecular complexity index is 1100. The second kappa shape index (κ2) is 12.3. The summed E-state index contributed by atoms with van der Waals surface area (Å²) in [6.45, 7) is 2.12. The van der Waals surface area contributed by atoms with Gasteiger partial charge in [0.25, 0.3) is 5.91 Å². The van der Waals surface area contributed by atoms with Gasteiger partial charge in [-0.3, -0.25) is 14.4 Å². The molecule has 3 rings (SSSR count). The summed E-state index contributed by atoms with van der Waals surface area (Å²) < 4.78 is 5.10. The van der Waals surface area contributed by atoms with Crippen LogP contribution in [-0.4, -0.2) is 56.0 Å². The summed E-state index contributed by atoms with van der Waals surface area (Å²) in [5, 5.41) is 5.30. The highest BCUT2D eigenvalue weighted by Gasteiger charge is 2.19. The van der Waals surface area contributed by atoms with Gasteiger partial charge in [-0.15, -0.1) is 0 Å². The average molecular weight is 460 g/mol. The summed E-state index contributed by atoms with van der Waals surface area (Å²) in [6.07, 6.45) is 0. The van der Waals surface area contributed by atoms with Crippen molar-refractivity contribution >= 4 is 23.4 Å². The van der Waals surface area contributed by atoms with Gasteiger partial charge >= 0.3 is 0 Å². The van der Waals surface area contributed by atoms with Crippen LogP contribution in [0.25, 0.3) is 11.1 Å². The maximum Gasteiger partial charge on any atom is 0.254 e. The van der Waals surface area contributed by atoms with Crippen molar-refractivity contribution in [3.05, 3.63) is 90.0 Å². The van der Waals surface area contributed by atoms with Crippen molar-refractivity contribution < 1.29 is 19.1 Å². The fourth-order valence-electron chi connectivity index (χ4n) is 3.32. The van der Waals surface area contributed by atoms with Crippen LogP contribution in [0.3, 0.4) is 0 Å². The standard InChI is InChI=1S/C27H29N3O4/c1-20-8-14-24(15-9-20)29-25(31)18-28-26(32)19-30(16-17-34-2)27(33)23-12-10-22(11-13-23)21-6-4-3-5-7-21/h3-15H,16-19H2,1-2H3,(H,28,32)(H,29,31). The molecule has 0 aromatic heterocycles. The summed E-state index contributed by atoms with van der Waals surface area (Å²) >= 11 is 0. The molecule has 0 radical (unpaired) electrons. The summed E-state index contributed by atoms with van der Waals surface area (Å²) in [5.41, 5.74) is 4.27. The summed E-state index contributed by atoms with van der Waals surface area (Å²) in [5.74, 6) is -1.05. The SMILES string of the molecule is COCCN(CC(=O)NCC(=O)Nc1ccc(C)cc1)C(=O)c1ccc(-c2ccccc2)cc1. The minimum absolute atomic E-state index is 0.180. The molecule has 0 spiro atoms. The molecule has 0 saturated carbocycles. The third-order valence-corrected chi connectivity index (χ3v) is 5.21. The molecule has 34 heavy (non-hydrogen) atoms. The fourth-order valence-corrected chi connectivity index (χ4v) is 3.32. The molecule has 0 fully saturated rings. The minimum Gasteiger partial charge on any atom is -0.383 e. The van der Waals surface area contributed by atoms with E-state index in [0.717, 1.165) is 16.7 Å². The number of carbonyl (C=O) groups excluding carboxylic acids is 3. The minimum atomic E-state index is -0.426. The van der Waals surface area contributed by atoms with E-state index in [0.29, 0.717) is 11.3 Å². The van der Waals surface area contributed by atoms with E-state index in [1.807, 2.05) is 61.5 Å². The van der Waals surface area contributed by atoms with Crippen LogP contribution in [-0.2, 0) is 14.3 Å². The highest BCUT2D eigenvalue weighted by molar-refractivity contribution is 5.98. The number of hydrogen-bond acceptors (Lipinski definition) is 4. The number of methoxy groups -OCH3 is 1. The van der Waals surface area contributed by atoms with Crippen molar-refractivity contribution in [3.8, 4) is 11.1 Å². The molecule has 0 aliphatic rings. The molecule has 176 valence electrons. The summed E-state index contributed by atoms with van der Waals surface area (Å²) in [6, 6.07) is 24.5. The molecular formula is C27H29N3O4. The Hall–Kier alpha value is -3.97. The molecule has 7 nitrogen and oxygen atoms in total. The largest absolute Gasteiger partial charge is 0.383 e. The van der Waals surface area contributed by atoms with Crippen molar-refractivity contribution in [1.82, 2.24) is 10.2 Å². The Morgan fingerprint density at radius 1 is 0.824 bits per heavy atom. The molecule has 0 atom stereocenters. The van der Waals surface area contributed by atoms with Crippen LogP contribution in [0.5, 0.6) is 0 Å². The molecule has 0 saturated heterocycles. The van der Waals surface area contributed by atoms with Crippen LogP contribution in [0, 0.1) is 6.92 Å². The number of benzene rings is 3. The van der Waals surface area contributed by atoms with Gasteiger partial charge in [0.1, 0.15) is 0 Å². The Morgan fingerprint density at radius 3 is 2.12 bits per heavy atom. The quantitative estimate of drug-likeness (QED) is 0.486. The van der Waals surface area contributed by atoms with E-state index >= 15 is 0 Å². The Morgan fingerprint density at radius 2 is 1.47 bits per heavy atom. The summed E-state index contributed by atoms with van der Waals surface area (Å²) in [7, 11) is 1.53. The lowest BCUT2D eigenvalue weighted by Crippen LogP contribution is -2.44. The smallest absolute Gasteiger partial charge is 0.254 e. The number of rotatable bonds is 10. The lowest BCUT2D eigenvalue weighted by Gasteiger charge is -2.22. The van der Waals surface area contributed by atoms with Gasteiger partial charge in [-0.05, 0) is 42.3 Å². The first-order valence-corrected chi connectivity index (χ1v) is 11.0. The van der Waals surface area contributed by atoms with Crippen LogP contribution >= 0.6 is 0 Å². The van der Waals surface area contributed by atoms with Gasteiger partial charge in [0, 0.05) is 24.9 Å². The van der Waals surface area contributed by atoms with E-state index in [1.165, 1.54) is 12.0 Å². The lowest BCUT2D eigenvalue weighted by molar-refractivity contribution is -0.124. The van der Waals surface area contributed by atoms with E-state index in [4.69, 9.17) is 4.74 Å². The normalized spacial score (nSPS) is 10.4. The van der Waals surface area contributed by atoms with Crippen molar-refractivity contribution in [2.24, 2.45) is 0 Å². The van der Waals surface area contributed by atoms with Crippen LogP contribution in [0.2, 0.25) is 0 Å². The number of nitrogens with zero attached hydrogens (tertiary/aromatic N) is 1. The highest BCUT2D eigenvalue weighted by atomic mass is 16.5. The van der Waals surface area contributed by atoms with Gasteiger partial charge in [0.05, 0.1) is 19.7 Å². The van der Waals surface area contributed by atoms with Crippen molar-refractivity contribution in [2.45, 2.75) is 6.92 Å². The third-order valence-electron chi connectivity index (χ3n) is 5.21. The van der Waals surface area contributed by atoms with Gasteiger partial charge in [-0.1, -0.05) is 60.2 Å². The van der Waals surface area contributed by atoms with Crippen molar-refractivity contribution in [1.29, 1.82) is 0 Å². The van der Waals surface area contributed by atoms with Gasteiger partial charge in [0.2, 0.25) is 11.8 Å². The zero-order valence-electron chi connectivity index (χ0n) is 19.4. The number of ether oxygens (including phenoxy) is 1. The second-order valence-electron chi connectivity index (χ2n) is 7.85. The molecule has 0 bridgehead atoms. The maximum atomic E-state index is 13.1. The van der Waals surface area contributed by atoms with Crippen LogP contribution in [0.15, 0.2) is 78.9 Å². The van der Waals surface area contributed by atoms with Gasteiger partial charge in [-0.2, -0.15) is 0 Å². The number of aryl methyl sites for hydroxylation is 1. The molecule has 0 aliphatic carbocycles. The molecule has 0 heterocycles. The highest BCUT2D eigenvalue weighted by Crippen LogP contribution is 2.20. The van der Waals surface area contributed by atoms with E-state index in [2.05, 4.69) is 10.6 Å². The predicted octanol–water partition coefficient (Wildman–Crippen LogP) is 3.51. The van der Waals surface area contributed by atoms with Gasteiger partial charge in [0.15, 0.2) is 0 Å². The van der Waals surface area contributed by atoms with E-state index in [1.54, 1.807) is 24.3 Å². The lowest BCUT2D eigenvalue weighted by atomic mass is 10.0. The fraction of sp³-hybridized carbons (Fsp3) is 0.222. The van der Waals surface area contributed by atoms with Crippen molar-refractivity contribution in [3.63, 3.8) is 0 Å². The number of anilines is 1. The van der Waals surface area contributed by atoms with E-state index < -0.39 is 5.91 Å². The molecule has 3 amide bonds. The van der Waals surface area contributed by atoms with Gasteiger partial charge in [-0.25, -0.2) is 0 Å². The van der Waals surface area contributed by atoms with Crippen LogP contribution in [0.1, 0.15) is 15.9 Å². The summed E-state index contributed by atoms with van der Waals surface area (Å²) in [4.78, 5) is 39.1. The van der Waals surface area contributed by atoms with Crippen LogP contribution < -0.4 is 10.6 Å². The number of amides is 3. The first kappa shape index (κ1) is 24.7. The first-order chi connectivity index (χ1) is 16.5. The van der Waals surface area contributed by atoms with E-state index in [-0.39, 0.29) is 38.1 Å². The van der Waals surface area contributed by atoms with Crippen LogP contribution in [0.4, 0.5) is 5.69 Å². The molecule has 0 aliphatic heterocycles. The van der Waals surface area contributed by atoms with E-state index in [9.17, 15) is 14.4 Å². The number of nitrogens with one attached hydrogen (secondary N) is 2. The topological polar surface area (TPSA) is 87.7 Å². The molecule has 2 N–H and O–H groups in total. The van der Waals surface area contributed by atoms with Gasteiger partial charge < -0.3 is 20.3 Å². The monoisotopic (exact) mass is 459 g/mol. The Kier molecular flexibility index (Phi) is 8.94. The third kappa shape index (κ3) is 7.28. The first-order valence-electron chi connectivity index (χ1n) is 11.0. The zero-order valence-corrected chi connectivity index (χ0v) is 19.4. The predicted molar refractivity (Wildman–Crippen MR) is 132 cm³/mol. The number of carbonyl (C=O) groups is 3.